The summed E-state index contributed by atoms with van der Waals surface area (Å²) in [5.74, 6) is -0.314. The van der Waals surface area contributed by atoms with Crippen molar-refractivity contribution < 1.29 is 4.39 Å². The molecule has 2 aromatic carbocycles. The second-order valence-corrected chi connectivity index (χ2v) is 6.40. The van der Waals surface area contributed by atoms with E-state index in [1.54, 1.807) is 6.07 Å². The van der Waals surface area contributed by atoms with Crippen LogP contribution < -0.4 is 0 Å². The van der Waals surface area contributed by atoms with Crippen LogP contribution in [-0.4, -0.2) is 0 Å². The van der Waals surface area contributed by atoms with Gasteiger partial charge in [-0.3, -0.25) is 0 Å². The van der Waals surface area contributed by atoms with E-state index in [4.69, 9.17) is 11.6 Å². The Morgan fingerprint density at radius 1 is 1.17 bits per heavy atom. The molecule has 0 saturated carbocycles. The molecule has 4 heteroatoms. The first-order valence-electron chi connectivity index (χ1n) is 5.40. The molecule has 0 saturated heterocycles. The van der Waals surface area contributed by atoms with E-state index in [2.05, 4.69) is 44.0 Å². The highest BCUT2D eigenvalue weighted by Crippen LogP contribution is 2.33. The molecule has 1 unspecified atom stereocenters. The lowest BCUT2D eigenvalue weighted by molar-refractivity contribution is 0.627. The topological polar surface area (TPSA) is 0 Å². The van der Waals surface area contributed by atoms with E-state index in [0.29, 0.717) is 5.02 Å². The van der Waals surface area contributed by atoms with Crippen molar-refractivity contribution >= 4 is 43.5 Å². The van der Waals surface area contributed by atoms with Crippen molar-refractivity contribution in [1.82, 2.24) is 0 Å². The van der Waals surface area contributed by atoms with E-state index in [-0.39, 0.29) is 10.6 Å². The van der Waals surface area contributed by atoms with Crippen LogP contribution in [0.25, 0.3) is 0 Å². The van der Waals surface area contributed by atoms with Gasteiger partial charge in [-0.25, -0.2) is 4.39 Å². The van der Waals surface area contributed by atoms with Gasteiger partial charge in [0.25, 0.3) is 0 Å². The molecule has 0 aliphatic carbocycles. The van der Waals surface area contributed by atoms with Crippen LogP contribution in [0.5, 0.6) is 0 Å². The summed E-state index contributed by atoms with van der Waals surface area (Å²) in [5.41, 5.74) is 2.09. The summed E-state index contributed by atoms with van der Waals surface area (Å²) < 4.78 is 14.0. The molecule has 94 valence electrons. The molecule has 0 aromatic heterocycles. The molecule has 0 fully saturated rings. The summed E-state index contributed by atoms with van der Waals surface area (Å²) in [4.78, 5) is 0.0694. The molecule has 0 radical (unpaired) electrons. The first-order chi connectivity index (χ1) is 8.56. The molecule has 1 atom stereocenters. The Balaban J connectivity index is 2.19. The van der Waals surface area contributed by atoms with Crippen molar-refractivity contribution in [2.45, 2.75) is 11.2 Å². The Labute approximate surface area is 127 Å². The molecule has 0 amide bonds. The van der Waals surface area contributed by atoms with Crippen molar-refractivity contribution in [2.75, 3.05) is 0 Å². The molecule has 18 heavy (non-hydrogen) atoms. The highest BCUT2D eigenvalue weighted by Gasteiger charge is 2.13. The molecule has 0 heterocycles. The molecule has 0 spiro atoms. The number of hydrogen-bond acceptors (Lipinski definition) is 0. The van der Waals surface area contributed by atoms with E-state index in [1.807, 2.05) is 12.1 Å². The summed E-state index contributed by atoms with van der Waals surface area (Å²) in [6.45, 7) is 0. The van der Waals surface area contributed by atoms with Crippen LogP contribution in [0.2, 0.25) is 5.02 Å². The largest absolute Gasteiger partial charge is 0.207 e. The molecule has 0 aliphatic rings. The average molecular weight is 392 g/mol. The quantitative estimate of drug-likeness (QED) is 0.569. The molecule has 0 bridgehead atoms. The van der Waals surface area contributed by atoms with E-state index in [0.717, 1.165) is 16.5 Å². The fourth-order valence-corrected chi connectivity index (χ4v) is 3.39. The Hall–Kier alpha value is -0.380. The number of halogens is 4. The Morgan fingerprint density at radius 2 is 1.94 bits per heavy atom. The van der Waals surface area contributed by atoms with Gasteiger partial charge < -0.3 is 0 Å². The third-order valence-electron chi connectivity index (χ3n) is 2.60. The SMILES string of the molecule is Fc1ccc(C(Br)Cc2cccc(Br)c2)c(Cl)c1. The summed E-state index contributed by atoms with van der Waals surface area (Å²) in [6, 6.07) is 12.6. The van der Waals surface area contributed by atoms with E-state index >= 15 is 0 Å². The second-order valence-electron chi connectivity index (χ2n) is 3.97. The van der Waals surface area contributed by atoms with Crippen molar-refractivity contribution in [3.8, 4) is 0 Å². The average Bonchev–Trinajstić information content (AvgIpc) is 2.28. The lowest BCUT2D eigenvalue weighted by Crippen LogP contribution is -1.97. The number of benzene rings is 2. The van der Waals surface area contributed by atoms with Crippen LogP contribution in [0.15, 0.2) is 46.9 Å². The van der Waals surface area contributed by atoms with Crippen LogP contribution in [0.1, 0.15) is 16.0 Å². The zero-order valence-electron chi connectivity index (χ0n) is 9.34. The van der Waals surface area contributed by atoms with Gasteiger partial charge in [0.2, 0.25) is 0 Å². The van der Waals surface area contributed by atoms with E-state index in [1.165, 1.54) is 17.7 Å². The normalized spacial score (nSPS) is 12.4. The summed E-state index contributed by atoms with van der Waals surface area (Å²) >= 11 is 13.1. The maximum absolute atomic E-state index is 13.0. The summed E-state index contributed by atoms with van der Waals surface area (Å²) in [5, 5.41) is 0.451. The van der Waals surface area contributed by atoms with Gasteiger partial charge in [0.05, 0.1) is 0 Å². The van der Waals surface area contributed by atoms with Gasteiger partial charge in [-0.2, -0.15) is 0 Å². The van der Waals surface area contributed by atoms with Gasteiger partial charge in [0.15, 0.2) is 0 Å². The van der Waals surface area contributed by atoms with Crippen molar-refractivity contribution in [3.05, 3.63) is 68.9 Å². The summed E-state index contributed by atoms with van der Waals surface area (Å²) in [7, 11) is 0. The number of alkyl halides is 1. The van der Waals surface area contributed by atoms with Crippen LogP contribution in [0.4, 0.5) is 4.39 Å². The number of rotatable bonds is 3. The fraction of sp³-hybridized carbons (Fsp3) is 0.143. The van der Waals surface area contributed by atoms with Crippen molar-refractivity contribution in [2.24, 2.45) is 0 Å². The minimum absolute atomic E-state index is 0.0694. The van der Waals surface area contributed by atoms with Gasteiger partial charge in [-0.05, 0) is 41.8 Å². The maximum Gasteiger partial charge on any atom is 0.124 e. The lowest BCUT2D eigenvalue weighted by Gasteiger charge is -2.12. The van der Waals surface area contributed by atoms with Crippen LogP contribution in [-0.2, 0) is 6.42 Å². The zero-order chi connectivity index (χ0) is 13.1. The molecule has 2 rings (SSSR count). The van der Waals surface area contributed by atoms with Gasteiger partial charge in [0.1, 0.15) is 5.82 Å². The highest BCUT2D eigenvalue weighted by molar-refractivity contribution is 9.10. The van der Waals surface area contributed by atoms with E-state index in [9.17, 15) is 4.39 Å². The van der Waals surface area contributed by atoms with Crippen LogP contribution in [0.3, 0.4) is 0 Å². The van der Waals surface area contributed by atoms with Crippen LogP contribution >= 0.6 is 43.5 Å². The second kappa shape index (κ2) is 6.18. The minimum Gasteiger partial charge on any atom is -0.207 e. The Kier molecular flexibility index (Phi) is 4.82. The van der Waals surface area contributed by atoms with Gasteiger partial charge in [-0.1, -0.05) is 61.7 Å². The minimum atomic E-state index is -0.314. The van der Waals surface area contributed by atoms with Crippen LogP contribution in [0, 0.1) is 5.82 Å². The van der Waals surface area contributed by atoms with Gasteiger partial charge in [-0.15, -0.1) is 0 Å². The molecule has 0 N–H and O–H groups in total. The zero-order valence-corrected chi connectivity index (χ0v) is 13.3. The molecular weight excluding hydrogens is 382 g/mol. The maximum atomic E-state index is 13.0. The molecule has 0 aliphatic heterocycles. The number of hydrogen-bond donors (Lipinski definition) is 0. The Bertz CT molecular complexity index is 557. The molecular formula is C14H10Br2ClF. The molecule has 2 aromatic rings. The van der Waals surface area contributed by atoms with Crippen molar-refractivity contribution in [1.29, 1.82) is 0 Å². The Morgan fingerprint density at radius 3 is 2.61 bits per heavy atom. The first-order valence-corrected chi connectivity index (χ1v) is 7.48. The third-order valence-corrected chi connectivity index (χ3v) is 4.24. The van der Waals surface area contributed by atoms with Gasteiger partial charge >= 0.3 is 0 Å². The van der Waals surface area contributed by atoms with Gasteiger partial charge in [0, 0.05) is 14.3 Å². The fourth-order valence-electron chi connectivity index (χ4n) is 1.74. The molecule has 0 nitrogen and oxygen atoms in total. The van der Waals surface area contributed by atoms with Crippen molar-refractivity contribution in [3.63, 3.8) is 0 Å². The smallest absolute Gasteiger partial charge is 0.124 e. The lowest BCUT2D eigenvalue weighted by atomic mass is 10.0. The monoisotopic (exact) mass is 390 g/mol. The standard InChI is InChI=1S/C14H10Br2ClF/c15-10-3-1-2-9(6-10)7-13(16)12-5-4-11(18)8-14(12)17/h1-6,8,13H,7H2. The van der Waals surface area contributed by atoms with E-state index < -0.39 is 0 Å². The summed E-state index contributed by atoms with van der Waals surface area (Å²) in [6.07, 6.45) is 0.796. The third kappa shape index (κ3) is 3.56. The predicted octanol–water partition coefficient (Wildman–Crippen LogP) is 5.92. The highest BCUT2D eigenvalue weighted by atomic mass is 79.9. The first kappa shape index (κ1) is 14.0. The predicted molar refractivity (Wildman–Crippen MR) is 80.9 cm³/mol.